The van der Waals surface area contributed by atoms with Crippen molar-refractivity contribution in [1.82, 2.24) is 4.98 Å². The number of aryl methyl sites for hydroxylation is 1. The Bertz CT molecular complexity index is 1160. The number of nitrogens with one attached hydrogen (secondary N) is 1. The monoisotopic (exact) mass is 429 g/mol. The second-order valence-electron chi connectivity index (χ2n) is 6.93. The van der Waals surface area contributed by atoms with E-state index in [0.29, 0.717) is 41.6 Å². The average Bonchev–Trinajstić information content (AvgIpc) is 3.33. The fourth-order valence-corrected chi connectivity index (χ4v) is 4.86. The Morgan fingerprint density at radius 2 is 1.93 bits per heavy atom. The lowest BCUT2D eigenvalue weighted by Crippen LogP contribution is -2.25. The molecule has 4 rings (SSSR count). The van der Waals surface area contributed by atoms with E-state index in [2.05, 4.69) is 10.3 Å². The molecule has 0 saturated carbocycles. The van der Waals surface area contributed by atoms with Gasteiger partial charge in [-0.3, -0.25) is 9.10 Å². The van der Waals surface area contributed by atoms with Crippen LogP contribution >= 0.6 is 0 Å². The van der Waals surface area contributed by atoms with E-state index in [1.807, 2.05) is 0 Å². The quantitative estimate of drug-likeness (QED) is 0.646. The predicted octanol–water partition coefficient (Wildman–Crippen LogP) is 3.59. The highest BCUT2D eigenvalue weighted by molar-refractivity contribution is 7.93. The van der Waals surface area contributed by atoms with Crippen LogP contribution in [0.15, 0.2) is 59.1 Å². The largest absolute Gasteiger partial charge is 0.441 e. The van der Waals surface area contributed by atoms with Gasteiger partial charge in [0.05, 0.1) is 23.2 Å². The lowest BCUT2D eigenvalue weighted by atomic mass is 10.2. The second-order valence-corrected chi connectivity index (χ2v) is 8.95. The summed E-state index contributed by atoms with van der Waals surface area (Å²) in [6.45, 7) is 0.471. The molecular weight excluding hydrogens is 409 g/mol. The van der Waals surface area contributed by atoms with E-state index in [0.717, 1.165) is 0 Å². The molecule has 0 unspecified atom stereocenters. The van der Waals surface area contributed by atoms with E-state index in [9.17, 15) is 17.6 Å². The average molecular weight is 429 g/mol. The maximum Gasteiger partial charge on any atom is 0.235 e. The number of halogens is 1. The molecule has 9 heteroatoms. The van der Waals surface area contributed by atoms with Gasteiger partial charge in [0.1, 0.15) is 5.82 Å². The molecule has 3 aromatic rings. The number of carbonyl (C=O) groups excluding carboxylic acids is 1. The maximum atomic E-state index is 13.8. The van der Waals surface area contributed by atoms with Crippen molar-refractivity contribution in [2.45, 2.75) is 19.3 Å². The van der Waals surface area contributed by atoms with Gasteiger partial charge in [0.15, 0.2) is 11.7 Å². The van der Waals surface area contributed by atoms with Gasteiger partial charge >= 0.3 is 0 Å². The first-order valence-electron chi connectivity index (χ1n) is 9.52. The van der Waals surface area contributed by atoms with Gasteiger partial charge in [-0.05, 0) is 42.8 Å². The lowest BCUT2D eigenvalue weighted by Gasteiger charge is -2.17. The zero-order chi connectivity index (χ0) is 21.1. The van der Waals surface area contributed by atoms with Gasteiger partial charge in [-0.25, -0.2) is 17.8 Å². The van der Waals surface area contributed by atoms with Gasteiger partial charge in [-0.2, -0.15) is 0 Å². The van der Waals surface area contributed by atoms with Crippen molar-refractivity contribution < 1.29 is 22.0 Å². The zero-order valence-corrected chi connectivity index (χ0v) is 16.9. The van der Waals surface area contributed by atoms with Crippen molar-refractivity contribution in [2.75, 3.05) is 21.9 Å². The standard InChI is InChI=1S/C21H20FN3O4S/c22-18-5-2-1-4-17(18)19-14-23-21(29-19)11-10-20(26)24-15-6-8-16(9-7-15)25-12-3-13-30(25,27)28/h1-2,4-9,14H,3,10-13H2,(H,24,26). The summed E-state index contributed by atoms with van der Waals surface area (Å²) >= 11 is 0. The van der Waals surface area contributed by atoms with Crippen LogP contribution in [-0.4, -0.2) is 31.6 Å². The molecule has 0 aliphatic carbocycles. The van der Waals surface area contributed by atoms with E-state index in [4.69, 9.17) is 4.42 Å². The van der Waals surface area contributed by atoms with Crippen LogP contribution in [0.2, 0.25) is 0 Å². The summed E-state index contributed by atoms with van der Waals surface area (Å²) < 4.78 is 44.7. The van der Waals surface area contributed by atoms with Crippen molar-refractivity contribution >= 4 is 27.3 Å². The first-order chi connectivity index (χ1) is 14.4. The number of rotatable bonds is 6. The minimum atomic E-state index is -3.23. The molecule has 1 amide bonds. The van der Waals surface area contributed by atoms with Crippen LogP contribution in [0.4, 0.5) is 15.8 Å². The molecule has 30 heavy (non-hydrogen) atoms. The van der Waals surface area contributed by atoms with E-state index in [1.165, 1.54) is 16.6 Å². The fourth-order valence-electron chi connectivity index (χ4n) is 3.30. The highest BCUT2D eigenvalue weighted by atomic mass is 32.2. The second kappa shape index (κ2) is 8.27. The lowest BCUT2D eigenvalue weighted by molar-refractivity contribution is -0.116. The van der Waals surface area contributed by atoms with Crippen LogP contribution < -0.4 is 9.62 Å². The molecule has 7 nitrogen and oxygen atoms in total. The molecule has 1 N–H and O–H groups in total. The summed E-state index contributed by atoms with van der Waals surface area (Å²) in [5, 5.41) is 2.76. The van der Waals surface area contributed by atoms with Gasteiger partial charge in [0.2, 0.25) is 15.9 Å². The van der Waals surface area contributed by atoms with E-state index >= 15 is 0 Å². The van der Waals surface area contributed by atoms with Crippen molar-refractivity contribution in [3.8, 4) is 11.3 Å². The molecule has 2 heterocycles. The first kappa shape index (κ1) is 20.1. The molecule has 0 bridgehead atoms. The smallest absolute Gasteiger partial charge is 0.235 e. The maximum absolute atomic E-state index is 13.8. The molecule has 1 aromatic heterocycles. The van der Waals surface area contributed by atoms with Crippen LogP contribution in [0.3, 0.4) is 0 Å². The number of sulfonamides is 1. The number of anilines is 2. The SMILES string of the molecule is O=C(CCc1ncc(-c2ccccc2F)o1)Nc1ccc(N2CCCS2(=O)=O)cc1. The van der Waals surface area contributed by atoms with E-state index in [1.54, 1.807) is 42.5 Å². The molecule has 156 valence electrons. The number of aromatic nitrogens is 1. The summed E-state index contributed by atoms with van der Waals surface area (Å²) in [5.41, 5.74) is 1.48. The number of amides is 1. The zero-order valence-electron chi connectivity index (χ0n) is 16.0. The van der Waals surface area contributed by atoms with E-state index < -0.39 is 15.8 Å². The Morgan fingerprint density at radius 1 is 1.17 bits per heavy atom. The van der Waals surface area contributed by atoms with Crippen LogP contribution in [0.5, 0.6) is 0 Å². The van der Waals surface area contributed by atoms with Crippen molar-refractivity contribution in [1.29, 1.82) is 0 Å². The Hall–Kier alpha value is -3.20. The van der Waals surface area contributed by atoms with Gasteiger partial charge in [0.25, 0.3) is 0 Å². The summed E-state index contributed by atoms with van der Waals surface area (Å²) in [6, 6.07) is 12.9. The van der Waals surface area contributed by atoms with Gasteiger partial charge in [-0.1, -0.05) is 12.1 Å². The molecule has 1 saturated heterocycles. The molecule has 1 fully saturated rings. The predicted molar refractivity (Wildman–Crippen MR) is 111 cm³/mol. The molecular formula is C21H20FN3O4S. The number of hydrogen-bond donors (Lipinski definition) is 1. The normalized spacial score (nSPS) is 15.3. The van der Waals surface area contributed by atoms with Crippen molar-refractivity contribution in [2.24, 2.45) is 0 Å². The van der Waals surface area contributed by atoms with Gasteiger partial charge in [0, 0.05) is 25.1 Å². The highest BCUT2D eigenvalue weighted by Crippen LogP contribution is 2.26. The third-order valence-corrected chi connectivity index (χ3v) is 6.67. The third-order valence-electron chi connectivity index (χ3n) is 4.80. The van der Waals surface area contributed by atoms with Crippen molar-refractivity contribution in [3.63, 3.8) is 0 Å². The number of carbonyl (C=O) groups is 1. The third kappa shape index (κ3) is 4.35. The number of hydrogen-bond acceptors (Lipinski definition) is 5. The Labute approximate surface area is 173 Å². The Balaban J connectivity index is 1.33. The molecule has 0 atom stereocenters. The summed E-state index contributed by atoms with van der Waals surface area (Å²) in [5.74, 6) is 0.185. The molecule has 1 aliphatic heterocycles. The topological polar surface area (TPSA) is 92.5 Å². The minimum absolute atomic E-state index is 0.138. The molecule has 0 radical (unpaired) electrons. The van der Waals surface area contributed by atoms with E-state index in [-0.39, 0.29) is 24.5 Å². The molecule has 2 aromatic carbocycles. The first-order valence-corrected chi connectivity index (χ1v) is 11.1. The number of oxazole rings is 1. The molecule has 1 aliphatic rings. The minimum Gasteiger partial charge on any atom is -0.441 e. The van der Waals surface area contributed by atoms with Crippen LogP contribution in [0.25, 0.3) is 11.3 Å². The Kier molecular flexibility index (Phi) is 5.54. The van der Waals surface area contributed by atoms with Crippen LogP contribution in [0, 0.1) is 5.82 Å². The van der Waals surface area contributed by atoms with Gasteiger partial charge < -0.3 is 9.73 Å². The number of nitrogens with zero attached hydrogens (tertiary/aromatic N) is 2. The van der Waals surface area contributed by atoms with Gasteiger partial charge in [-0.15, -0.1) is 0 Å². The number of benzene rings is 2. The summed E-state index contributed by atoms with van der Waals surface area (Å²) in [4.78, 5) is 16.3. The molecule has 0 spiro atoms. The fraction of sp³-hybridized carbons (Fsp3) is 0.238. The summed E-state index contributed by atoms with van der Waals surface area (Å²) in [7, 11) is -3.23. The Morgan fingerprint density at radius 3 is 2.63 bits per heavy atom. The van der Waals surface area contributed by atoms with Crippen LogP contribution in [-0.2, 0) is 21.2 Å². The van der Waals surface area contributed by atoms with Crippen molar-refractivity contribution in [3.05, 3.63) is 66.4 Å². The highest BCUT2D eigenvalue weighted by Gasteiger charge is 2.28. The van der Waals surface area contributed by atoms with Crippen LogP contribution in [0.1, 0.15) is 18.7 Å². The summed E-state index contributed by atoms with van der Waals surface area (Å²) in [6.07, 6.45) is 2.46.